The third-order valence-corrected chi connectivity index (χ3v) is 1.97. The van der Waals surface area contributed by atoms with E-state index in [2.05, 4.69) is 25.8 Å². The Morgan fingerprint density at radius 2 is 2.00 bits per heavy atom. The zero-order valence-electron chi connectivity index (χ0n) is 9.45. The molecule has 18 heavy (non-hydrogen) atoms. The van der Waals surface area contributed by atoms with Crippen LogP contribution in [-0.2, 0) is 4.79 Å². The number of aromatic nitrogens is 3. The van der Waals surface area contributed by atoms with E-state index in [0.29, 0.717) is 5.95 Å². The Morgan fingerprint density at radius 3 is 2.72 bits per heavy atom. The molecule has 2 rings (SSSR count). The summed E-state index contributed by atoms with van der Waals surface area (Å²) in [6.07, 6.45) is 9.55. The Hall–Kier alpha value is -2.76. The molecule has 0 saturated heterocycles. The Balaban J connectivity index is 1.84. The summed E-state index contributed by atoms with van der Waals surface area (Å²) in [5.74, 6) is 0.0342. The molecular weight excluding hydrogens is 230 g/mol. The molecule has 0 fully saturated rings. The van der Waals surface area contributed by atoms with E-state index in [1.165, 1.54) is 6.08 Å². The van der Waals surface area contributed by atoms with Gasteiger partial charge in [0.05, 0.1) is 0 Å². The van der Waals surface area contributed by atoms with Gasteiger partial charge in [-0.25, -0.2) is 9.97 Å². The van der Waals surface area contributed by atoms with Crippen LogP contribution < -0.4 is 10.9 Å². The molecule has 0 aliphatic heterocycles. The summed E-state index contributed by atoms with van der Waals surface area (Å²) in [7, 11) is 0. The second kappa shape index (κ2) is 6.09. The fourth-order valence-electron chi connectivity index (χ4n) is 1.17. The van der Waals surface area contributed by atoms with Gasteiger partial charge in [-0.3, -0.25) is 20.6 Å². The second-order valence-electron chi connectivity index (χ2n) is 3.31. The van der Waals surface area contributed by atoms with E-state index in [0.717, 1.165) is 5.56 Å². The predicted molar refractivity (Wildman–Crippen MR) is 67.1 cm³/mol. The van der Waals surface area contributed by atoms with Crippen molar-refractivity contribution in [3.8, 4) is 0 Å². The van der Waals surface area contributed by atoms with Crippen LogP contribution in [0.5, 0.6) is 0 Å². The number of hydrogen-bond acceptors (Lipinski definition) is 5. The monoisotopic (exact) mass is 241 g/mol. The van der Waals surface area contributed by atoms with Crippen LogP contribution in [0, 0.1) is 0 Å². The number of hydrazine groups is 1. The number of rotatable bonds is 4. The molecule has 6 nitrogen and oxygen atoms in total. The van der Waals surface area contributed by atoms with Gasteiger partial charge in [-0.2, -0.15) is 0 Å². The topological polar surface area (TPSA) is 79.8 Å². The summed E-state index contributed by atoms with van der Waals surface area (Å²) in [5.41, 5.74) is 5.89. The molecule has 0 aromatic carbocycles. The number of hydrogen-bond donors (Lipinski definition) is 2. The highest BCUT2D eigenvalue weighted by atomic mass is 16.2. The van der Waals surface area contributed by atoms with Gasteiger partial charge in [-0.05, 0) is 23.8 Å². The van der Waals surface area contributed by atoms with Crippen LogP contribution in [0.2, 0.25) is 0 Å². The first-order valence-electron chi connectivity index (χ1n) is 5.26. The van der Waals surface area contributed by atoms with Crippen molar-refractivity contribution in [1.29, 1.82) is 0 Å². The van der Waals surface area contributed by atoms with E-state index in [9.17, 15) is 4.79 Å². The van der Waals surface area contributed by atoms with Crippen molar-refractivity contribution >= 4 is 17.9 Å². The average Bonchev–Trinajstić information content (AvgIpc) is 2.45. The van der Waals surface area contributed by atoms with E-state index in [1.54, 1.807) is 43.0 Å². The normalized spacial score (nSPS) is 10.2. The minimum absolute atomic E-state index is 0.300. The van der Waals surface area contributed by atoms with Gasteiger partial charge in [0.15, 0.2) is 0 Å². The molecule has 2 aromatic heterocycles. The van der Waals surface area contributed by atoms with Crippen LogP contribution in [0.3, 0.4) is 0 Å². The Morgan fingerprint density at radius 1 is 1.17 bits per heavy atom. The number of anilines is 1. The lowest BCUT2D eigenvalue weighted by Crippen LogP contribution is -2.28. The average molecular weight is 241 g/mol. The number of carbonyl (C=O) groups is 1. The molecule has 0 bridgehead atoms. The second-order valence-corrected chi connectivity index (χ2v) is 3.31. The summed E-state index contributed by atoms with van der Waals surface area (Å²) < 4.78 is 0. The third kappa shape index (κ3) is 3.67. The van der Waals surface area contributed by atoms with Crippen LogP contribution in [-0.4, -0.2) is 20.9 Å². The standard InChI is InChI=1S/C12H11N5O/c18-11(5-4-10-3-1-6-13-9-10)16-17-12-14-7-2-8-15-12/h1-9H,(H,16,18)(H,14,15,17)/b5-4+. The van der Waals surface area contributed by atoms with Crippen molar-refractivity contribution in [2.45, 2.75) is 0 Å². The number of carbonyl (C=O) groups excluding carboxylic acids is 1. The van der Waals surface area contributed by atoms with Gasteiger partial charge in [-0.15, -0.1) is 0 Å². The van der Waals surface area contributed by atoms with Crippen molar-refractivity contribution in [2.24, 2.45) is 0 Å². The fraction of sp³-hybridized carbons (Fsp3) is 0. The van der Waals surface area contributed by atoms with E-state index < -0.39 is 0 Å². The molecule has 2 aromatic rings. The minimum Gasteiger partial charge on any atom is -0.268 e. The number of nitrogens with zero attached hydrogens (tertiary/aromatic N) is 3. The van der Waals surface area contributed by atoms with Gasteiger partial charge in [0.25, 0.3) is 5.91 Å². The lowest BCUT2D eigenvalue weighted by molar-refractivity contribution is -0.116. The van der Waals surface area contributed by atoms with E-state index in [1.807, 2.05) is 6.07 Å². The summed E-state index contributed by atoms with van der Waals surface area (Å²) in [5, 5.41) is 0. The molecule has 90 valence electrons. The number of amides is 1. The lowest BCUT2D eigenvalue weighted by Gasteiger charge is -2.03. The summed E-state index contributed by atoms with van der Waals surface area (Å²) in [6.45, 7) is 0. The summed E-state index contributed by atoms with van der Waals surface area (Å²) >= 11 is 0. The molecule has 0 aliphatic rings. The zero-order valence-corrected chi connectivity index (χ0v) is 9.45. The molecule has 0 radical (unpaired) electrons. The molecule has 2 heterocycles. The Labute approximate surface area is 104 Å². The van der Waals surface area contributed by atoms with Gasteiger partial charge < -0.3 is 0 Å². The van der Waals surface area contributed by atoms with Gasteiger partial charge in [0.2, 0.25) is 5.95 Å². The van der Waals surface area contributed by atoms with E-state index >= 15 is 0 Å². The van der Waals surface area contributed by atoms with Gasteiger partial charge >= 0.3 is 0 Å². The molecular formula is C12H11N5O. The maximum Gasteiger partial charge on any atom is 0.262 e. The van der Waals surface area contributed by atoms with Crippen molar-refractivity contribution in [3.05, 3.63) is 54.6 Å². The van der Waals surface area contributed by atoms with Crippen molar-refractivity contribution in [1.82, 2.24) is 20.4 Å². The first-order valence-corrected chi connectivity index (χ1v) is 5.26. The Kier molecular flexibility index (Phi) is 3.97. The minimum atomic E-state index is -0.300. The van der Waals surface area contributed by atoms with Crippen molar-refractivity contribution in [3.63, 3.8) is 0 Å². The van der Waals surface area contributed by atoms with Crippen LogP contribution in [0.4, 0.5) is 5.95 Å². The molecule has 0 atom stereocenters. The van der Waals surface area contributed by atoms with E-state index in [4.69, 9.17) is 0 Å². The molecule has 0 spiro atoms. The number of nitrogens with one attached hydrogen (secondary N) is 2. The van der Waals surface area contributed by atoms with Gasteiger partial charge in [0.1, 0.15) is 0 Å². The van der Waals surface area contributed by atoms with Crippen LogP contribution >= 0.6 is 0 Å². The van der Waals surface area contributed by atoms with Crippen molar-refractivity contribution < 1.29 is 4.79 Å². The quantitative estimate of drug-likeness (QED) is 0.617. The highest BCUT2D eigenvalue weighted by molar-refractivity contribution is 5.92. The zero-order chi connectivity index (χ0) is 12.6. The molecule has 1 amide bonds. The highest BCUT2D eigenvalue weighted by Gasteiger charge is 1.96. The smallest absolute Gasteiger partial charge is 0.262 e. The third-order valence-electron chi connectivity index (χ3n) is 1.97. The maximum atomic E-state index is 11.5. The molecule has 0 unspecified atom stereocenters. The lowest BCUT2D eigenvalue weighted by atomic mass is 10.2. The largest absolute Gasteiger partial charge is 0.268 e. The summed E-state index contributed by atoms with van der Waals surface area (Å²) in [4.78, 5) is 23.2. The van der Waals surface area contributed by atoms with E-state index in [-0.39, 0.29) is 5.91 Å². The molecule has 6 heteroatoms. The first-order chi connectivity index (χ1) is 8.84. The van der Waals surface area contributed by atoms with Crippen LogP contribution in [0.1, 0.15) is 5.56 Å². The SMILES string of the molecule is O=C(/C=C/c1cccnc1)NNc1ncccn1. The molecule has 0 saturated carbocycles. The van der Waals surface area contributed by atoms with Crippen LogP contribution in [0.25, 0.3) is 6.08 Å². The highest BCUT2D eigenvalue weighted by Crippen LogP contribution is 1.98. The predicted octanol–water partition coefficient (Wildman–Crippen LogP) is 1.03. The van der Waals surface area contributed by atoms with Gasteiger partial charge in [0, 0.05) is 30.9 Å². The Bertz CT molecular complexity index is 527. The fourth-order valence-corrected chi connectivity index (χ4v) is 1.17. The van der Waals surface area contributed by atoms with Gasteiger partial charge in [-0.1, -0.05) is 6.07 Å². The van der Waals surface area contributed by atoms with Crippen molar-refractivity contribution in [2.75, 3.05) is 5.43 Å². The first kappa shape index (κ1) is 11.7. The van der Waals surface area contributed by atoms with Crippen LogP contribution in [0.15, 0.2) is 49.1 Å². The summed E-state index contributed by atoms with van der Waals surface area (Å²) in [6, 6.07) is 5.34. The maximum absolute atomic E-state index is 11.5. The number of pyridine rings is 1. The molecule has 2 N–H and O–H groups in total. The molecule has 0 aliphatic carbocycles.